The molecule has 3 nitrogen and oxygen atoms in total. The highest BCUT2D eigenvalue weighted by Crippen LogP contribution is 1.81. The second-order valence-corrected chi connectivity index (χ2v) is 1.30. The fourth-order valence-electron chi connectivity index (χ4n) is 0.370. The highest BCUT2D eigenvalue weighted by Gasteiger charge is 2.03. The van der Waals surface area contributed by atoms with Crippen molar-refractivity contribution in [3.05, 3.63) is 12.7 Å². The minimum Gasteiger partial charge on any atom is -0.464 e. The molecule has 0 unspecified atom stereocenters. The molecule has 0 aliphatic heterocycles. The van der Waals surface area contributed by atoms with Gasteiger partial charge < -0.3 is 4.74 Å². The molecule has 0 saturated heterocycles. The standard InChI is InChI=1S/C6H9NO2/c1-4-5(7-2)6(8)9-3/h4H,1H2,2-3H3. The van der Waals surface area contributed by atoms with Crippen molar-refractivity contribution in [3.8, 4) is 0 Å². The molecule has 0 bridgehead atoms. The van der Waals surface area contributed by atoms with Crippen molar-refractivity contribution < 1.29 is 9.53 Å². The molecular formula is C6H9NO2. The molecule has 50 valence electrons. The van der Waals surface area contributed by atoms with Crippen LogP contribution in [0.25, 0.3) is 0 Å². The third-order valence-electron chi connectivity index (χ3n) is 0.829. The molecule has 0 aromatic rings. The van der Waals surface area contributed by atoms with Crippen LogP contribution >= 0.6 is 0 Å². The van der Waals surface area contributed by atoms with Crippen molar-refractivity contribution in [2.45, 2.75) is 0 Å². The molecule has 0 aromatic heterocycles. The monoisotopic (exact) mass is 127 g/mol. The lowest BCUT2D eigenvalue weighted by Gasteiger charge is -1.94. The number of hydrogen-bond acceptors (Lipinski definition) is 3. The van der Waals surface area contributed by atoms with Crippen molar-refractivity contribution in [1.29, 1.82) is 0 Å². The Balaban J connectivity index is 4.14. The molecule has 0 rings (SSSR count). The smallest absolute Gasteiger partial charge is 0.356 e. The topological polar surface area (TPSA) is 38.7 Å². The number of carbonyl (C=O) groups is 1. The lowest BCUT2D eigenvalue weighted by Crippen LogP contribution is -2.12. The van der Waals surface area contributed by atoms with Crippen LogP contribution in [0.5, 0.6) is 0 Å². The molecule has 3 heteroatoms. The Morgan fingerprint density at radius 3 is 2.44 bits per heavy atom. The number of aliphatic imine (C=N–C) groups is 1. The first-order valence-corrected chi connectivity index (χ1v) is 2.43. The zero-order valence-electron chi connectivity index (χ0n) is 5.55. The Bertz CT molecular complexity index is 149. The normalized spacial score (nSPS) is 10.7. The summed E-state index contributed by atoms with van der Waals surface area (Å²) in [7, 11) is 2.81. The molecule has 0 spiro atoms. The van der Waals surface area contributed by atoms with Crippen LogP contribution in [0.1, 0.15) is 0 Å². The predicted octanol–water partition coefficient (Wildman–Crippen LogP) is 0.416. The van der Waals surface area contributed by atoms with Gasteiger partial charge in [-0.05, 0) is 6.08 Å². The van der Waals surface area contributed by atoms with Crippen molar-refractivity contribution in [3.63, 3.8) is 0 Å². The number of methoxy groups -OCH3 is 1. The molecule has 0 aromatic carbocycles. The van der Waals surface area contributed by atoms with E-state index in [4.69, 9.17) is 0 Å². The van der Waals surface area contributed by atoms with E-state index in [1.165, 1.54) is 20.2 Å². The molecule has 0 saturated carbocycles. The minimum atomic E-state index is -0.451. The van der Waals surface area contributed by atoms with Crippen molar-refractivity contribution in [2.24, 2.45) is 4.99 Å². The number of esters is 1. The van der Waals surface area contributed by atoms with Crippen molar-refractivity contribution in [2.75, 3.05) is 14.2 Å². The molecule has 0 fully saturated rings. The van der Waals surface area contributed by atoms with Crippen LogP contribution < -0.4 is 0 Å². The van der Waals surface area contributed by atoms with Gasteiger partial charge in [-0.3, -0.25) is 4.99 Å². The Morgan fingerprint density at radius 1 is 1.78 bits per heavy atom. The van der Waals surface area contributed by atoms with E-state index in [1.54, 1.807) is 0 Å². The van der Waals surface area contributed by atoms with Gasteiger partial charge in [-0.2, -0.15) is 0 Å². The van der Waals surface area contributed by atoms with Gasteiger partial charge in [0.1, 0.15) is 5.71 Å². The Labute approximate surface area is 54.0 Å². The molecule has 0 heterocycles. The van der Waals surface area contributed by atoms with Crippen LogP contribution in [0.15, 0.2) is 17.6 Å². The van der Waals surface area contributed by atoms with Gasteiger partial charge in [0.25, 0.3) is 0 Å². The van der Waals surface area contributed by atoms with E-state index < -0.39 is 5.97 Å². The Morgan fingerprint density at radius 2 is 2.33 bits per heavy atom. The molecule has 0 atom stereocenters. The molecule has 0 radical (unpaired) electrons. The van der Waals surface area contributed by atoms with E-state index in [9.17, 15) is 4.79 Å². The molecule has 0 amide bonds. The maximum Gasteiger partial charge on any atom is 0.356 e. The number of carbonyl (C=O) groups excluding carboxylic acids is 1. The van der Waals surface area contributed by atoms with Crippen molar-refractivity contribution in [1.82, 2.24) is 0 Å². The maximum absolute atomic E-state index is 10.5. The first kappa shape index (κ1) is 7.88. The highest BCUT2D eigenvalue weighted by molar-refractivity contribution is 6.40. The van der Waals surface area contributed by atoms with E-state index in [0.29, 0.717) is 0 Å². The van der Waals surface area contributed by atoms with Crippen LogP contribution in [-0.4, -0.2) is 25.8 Å². The largest absolute Gasteiger partial charge is 0.464 e. The van der Waals surface area contributed by atoms with Gasteiger partial charge in [-0.25, -0.2) is 4.79 Å². The summed E-state index contributed by atoms with van der Waals surface area (Å²) in [5.74, 6) is -0.451. The summed E-state index contributed by atoms with van der Waals surface area (Å²) in [6.07, 6.45) is 1.35. The summed E-state index contributed by atoms with van der Waals surface area (Å²) in [6.45, 7) is 3.37. The summed E-state index contributed by atoms with van der Waals surface area (Å²) >= 11 is 0. The molecule has 0 aliphatic carbocycles. The average Bonchev–Trinajstić information content (AvgIpc) is 1.90. The van der Waals surface area contributed by atoms with Gasteiger partial charge >= 0.3 is 5.97 Å². The second-order valence-electron chi connectivity index (χ2n) is 1.30. The van der Waals surface area contributed by atoms with E-state index in [-0.39, 0.29) is 5.71 Å². The van der Waals surface area contributed by atoms with E-state index >= 15 is 0 Å². The molecule has 0 N–H and O–H groups in total. The predicted molar refractivity (Wildman–Crippen MR) is 35.6 cm³/mol. The summed E-state index contributed by atoms with van der Waals surface area (Å²) in [4.78, 5) is 14.2. The zero-order valence-corrected chi connectivity index (χ0v) is 5.55. The number of ether oxygens (including phenoxy) is 1. The molecule has 9 heavy (non-hydrogen) atoms. The van der Waals surface area contributed by atoms with Gasteiger partial charge in [-0.15, -0.1) is 0 Å². The van der Waals surface area contributed by atoms with Crippen molar-refractivity contribution >= 4 is 11.7 Å². The van der Waals surface area contributed by atoms with Crippen LogP contribution in [0.4, 0.5) is 0 Å². The van der Waals surface area contributed by atoms with Gasteiger partial charge in [0.15, 0.2) is 0 Å². The van der Waals surface area contributed by atoms with E-state index in [0.717, 1.165) is 0 Å². The van der Waals surface area contributed by atoms with E-state index in [1.807, 2.05) is 0 Å². The number of hydrogen-bond donors (Lipinski definition) is 0. The van der Waals surface area contributed by atoms with Crippen LogP contribution in [-0.2, 0) is 9.53 Å². The minimum absolute atomic E-state index is 0.248. The molecule has 0 aliphatic rings. The average molecular weight is 127 g/mol. The van der Waals surface area contributed by atoms with Gasteiger partial charge in [0.05, 0.1) is 7.11 Å². The quantitative estimate of drug-likeness (QED) is 0.398. The third kappa shape index (κ3) is 2.08. The van der Waals surface area contributed by atoms with Gasteiger partial charge in [-0.1, -0.05) is 6.58 Å². The van der Waals surface area contributed by atoms with Crippen LogP contribution in [0.3, 0.4) is 0 Å². The summed E-state index contributed by atoms with van der Waals surface area (Å²) < 4.78 is 4.35. The first-order valence-electron chi connectivity index (χ1n) is 2.43. The van der Waals surface area contributed by atoms with Crippen LogP contribution in [0.2, 0.25) is 0 Å². The fraction of sp³-hybridized carbons (Fsp3) is 0.333. The fourth-order valence-corrected chi connectivity index (χ4v) is 0.370. The summed E-state index contributed by atoms with van der Waals surface area (Å²) in [6, 6.07) is 0. The zero-order chi connectivity index (χ0) is 7.28. The maximum atomic E-state index is 10.5. The number of rotatable bonds is 2. The van der Waals surface area contributed by atoms with Crippen LogP contribution in [0, 0.1) is 0 Å². The Hall–Kier alpha value is -1.12. The summed E-state index contributed by atoms with van der Waals surface area (Å²) in [5, 5.41) is 0. The lowest BCUT2D eigenvalue weighted by atomic mass is 10.4. The number of nitrogens with zero attached hydrogens (tertiary/aromatic N) is 1. The summed E-state index contributed by atoms with van der Waals surface area (Å²) in [5.41, 5.74) is 0.248. The highest BCUT2D eigenvalue weighted by atomic mass is 16.5. The van der Waals surface area contributed by atoms with Gasteiger partial charge in [0.2, 0.25) is 0 Å². The first-order chi connectivity index (χ1) is 4.26. The van der Waals surface area contributed by atoms with E-state index in [2.05, 4.69) is 16.3 Å². The Kier molecular flexibility index (Phi) is 3.35. The second kappa shape index (κ2) is 3.83. The third-order valence-corrected chi connectivity index (χ3v) is 0.829. The lowest BCUT2D eigenvalue weighted by molar-refractivity contribution is -0.132. The SMILES string of the molecule is C=CC(=NC)C(=O)OC. The molecular weight excluding hydrogens is 118 g/mol. The van der Waals surface area contributed by atoms with Gasteiger partial charge in [0, 0.05) is 7.05 Å².